The Morgan fingerprint density at radius 3 is 2.70 bits per heavy atom. The predicted octanol–water partition coefficient (Wildman–Crippen LogP) is 3.28. The molecule has 0 radical (unpaired) electrons. The highest BCUT2D eigenvalue weighted by Gasteiger charge is 2.15. The average molecular weight is 338 g/mol. The lowest BCUT2D eigenvalue weighted by molar-refractivity contribution is -0.119. The minimum Gasteiger partial charge on any atom is -0.496 e. The summed E-state index contributed by atoms with van der Waals surface area (Å²) < 4.78 is 23.4. The van der Waals surface area contributed by atoms with Gasteiger partial charge in [0.2, 0.25) is 0 Å². The third-order valence-electron chi connectivity index (χ3n) is 2.86. The van der Waals surface area contributed by atoms with Crippen LogP contribution in [0.15, 0.2) is 42.5 Å². The van der Waals surface area contributed by atoms with Gasteiger partial charge in [0.05, 0.1) is 12.8 Å². The molecular weight excluding hydrogens is 325 g/mol. The second-order valence-corrected chi connectivity index (χ2v) is 4.89. The molecule has 120 valence electrons. The average Bonchev–Trinajstić information content (AvgIpc) is 2.56. The highest BCUT2D eigenvalue weighted by molar-refractivity contribution is 6.30. The maximum atomic E-state index is 13.5. The molecule has 0 atom stereocenters. The van der Waals surface area contributed by atoms with Gasteiger partial charge in [-0.1, -0.05) is 23.7 Å². The molecule has 0 saturated carbocycles. The number of halogens is 2. The molecule has 0 spiro atoms. The number of benzene rings is 2. The van der Waals surface area contributed by atoms with Crippen LogP contribution in [-0.2, 0) is 9.53 Å². The molecule has 0 heterocycles. The summed E-state index contributed by atoms with van der Waals surface area (Å²) in [5.74, 6) is -1.71. The van der Waals surface area contributed by atoms with Crippen LogP contribution in [0.4, 0.5) is 10.1 Å². The standard InChI is InChI=1S/C16H13ClFNO4/c1-22-14-5-3-2-4-11(14)16(21)23-9-15(20)19-13-8-10(17)6-7-12(13)18/h2-8H,9H2,1H3,(H,19,20). The number of esters is 1. The van der Waals surface area contributed by atoms with E-state index in [2.05, 4.69) is 5.32 Å². The van der Waals surface area contributed by atoms with Gasteiger partial charge in [0.1, 0.15) is 17.1 Å². The molecule has 0 aliphatic heterocycles. The highest BCUT2D eigenvalue weighted by atomic mass is 35.5. The third-order valence-corrected chi connectivity index (χ3v) is 3.10. The van der Waals surface area contributed by atoms with E-state index >= 15 is 0 Å². The Kier molecular flexibility index (Phi) is 5.54. The van der Waals surface area contributed by atoms with Gasteiger partial charge < -0.3 is 14.8 Å². The van der Waals surface area contributed by atoms with E-state index < -0.39 is 24.3 Å². The third kappa shape index (κ3) is 4.43. The zero-order valence-corrected chi connectivity index (χ0v) is 12.9. The first-order chi connectivity index (χ1) is 11.0. The van der Waals surface area contributed by atoms with Gasteiger partial charge in [0, 0.05) is 5.02 Å². The van der Waals surface area contributed by atoms with Gasteiger partial charge in [-0.25, -0.2) is 9.18 Å². The molecule has 5 nitrogen and oxygen atoms in total. The number of para-hydroxylation sites is 1. The molecule has 7 heteroatoms. The number of hydrogen-bond acceptors (Lipinski definition) is 4. The summed E-state index contributed by atoms with van der Waals surface area (Å²) in [6.07, 6.45) is 0. The van der Waals surface area contributed by atoms with Gasteiger partial charge in [-0.15, -0.1) is 0 Å². The quantitative estimate of drug-likeness (QED) is 0.850. The zero-order chi connectivity index (χ0) is 16.8. The van der Waals surface area contributed by atoms with E-state index in [0.29, 0.717) is 5.75 Å². The highest BCUT2D eigenvalue weighted by Crippen LogP contribution is 2.20. The predicted molar refractivity (Wildman–Crippen MR) is 83.3 cm³/mol. The molecule has 0 saturated heterocycles. The Morgan fingerprint density at radius 2 is 1.96 bits per heavy atom. The number of carbonyl (C=O) groups excluding carboxylic acids is 2. The first-order valence-corrected chi connectivity index (χ1v) is 6.94. The number of anilines is 1. The fraction of sp³-hybridized carbons (Fsp3) is 0.125. The molecule has 0 aliphatic carbocycles. The summed E-state index contributed by atoms with van der Waals surface area (Å²) in [6.45, 7) is -0.567. The van der Waals surface area contributed by atoms with Crippen LogP contribution in [0.5, 0.6) is 5.75 Å². The molecule has 1 amide bonds. The van der Waals surface area contributed by atoms with Crippen LogP contribution in [0.2, 0.25) is 5.02 Å². The topological polar surface area (TPSA) is 64.6 Å². The van der Waals surface area contributed by atoms with Crippen molar-refractivity contribution in [2.45, 2.75) is 0 Å². The summed E-state index contributed by atoms with van der Waals surface area (Å²) in [7, 11) is 1.42. The lowest BCUT2D eigenvalue weighted by atomic mass is 10.2. The van der Waals surface area contributed by atoms with Gasteiger partial charge in [-0.3, -0.25) is 4.79 Å². The Balaban J connectivity index is 1.96. The van der Waals surface area contributed by atoms with Crippen molar-refractivity contribution in [1.29, 1.82) is 0 Å². The summed E-state index contributed by atoms with van der Waals surface area (Å²) in [4.78, 5) is 23.7. The molecule has 1 N–H and O–H groups in total. The summed E-state index contributed by atoms with van der Waals surface area (Å²) >= 11 is 5.72. The van der Waals surface area contributed by atoms with Crippen molar-refractivity contribution < 1.29 is 23.5 Å². The number of ether oxygens (including phenoxy) is 2. The molecule has 0 bridgehead atoms. The van der Waals surface area contributed by atoms with Crippen LogP contribution in [0.1, 0.15) is 10.4 Å². The fourth-order valence-corrected chi connectivity index (χ4v) is 1.97. The van der Waals surface area contributed by atoms with E-state index in [1.165, 1.54) is 25.3 Å². The Labute approximate surface area is 137 Å². The molecule has 2 aromatic rings. The van der Waals surface area contributed by atoms with Gasteiger partial charge in [-0.05, 0) is 30.3 Å². The van der Waals surface area contributed by atoms with Crippen molar-refractivity contribution in [3.8, 4) is 5.75 Å². The van der Waals surface area contributed by atoms with Gasteiger partial charge in [0.15, 0.2) is 6.61 Å². The van der Waals surface area contributed by atoms with E-state index in [-0.39, 0.29) is 16.3 Å². The number of nitrogens with one attached hydrogen (secondary N) is 1. The van der Waals surface area contributed by atoms with Crippen LogP contribution in [-0.4, -0.2) is 25.6 Å². The van der Waals surface area contributed by atoms with Crippen molar-refractivity contribution in [2.24, 2.45) is 0 Å². The lowest BCUT2D eigenvalue weighted by Gasteiger charge is -2.09. The minimum absolute atomic E-state index is 0.0872. The number of rotatable bonds is 5. The Morgan fingerprint density at radius 1 is 1.22 bits per heavy atom. The van der Waals surface area contributed by atoms with Gasteiger partial charge in [0.25, 0.3) is 5.91 Å². The van der Waals surface area contributed by atoms with Crippen LogP contribution >= 0.6 is 11.6 Å². The maximum Gasteiger partial charge on any atom is 0.342 e. The summed E-state index contributed by atoms with van der Waals surface area (Å²) in [5.41, 5.74) is 0.104. The Bertz CT molecular complexity index is 736. The molecule has 0 aromatic heterocycles. The number of methoxy groups -OCH3 is 1. The first kappa shape index (κ1) is 16.8. The number of amides is 1. The van der Waals surface area contributed by atoms with Crippen LogP contribution in [0.3, 0.4) is 0 Å². The largest absolute Gasteiger partial charge is 0.496 e. The smallest absolute Gasteiger partial charge is 0.342 e. The van der Waals surface area contributed by atoms with E-state index in [4.69, 9.17) is 21.1 Å². The molecule has 2 aromatic carbocycles. The van der Waals surface area contributed by atoms with Crippen molar-refractivity contribution >= 4 is 29.2 Å². The zero-order valence-electron chi connectivity index (χ0n) is 12.1. The van der Waals surface area contributed by atoms with Crippen molar-refractivity contribution in [2.75, 3.05) is 19.0 Å². The molecule has 0 aliphatic rings. The van der Waals surface area contributed by atoms with Crippen LogP contribution < -0.4 is 10.1 Å². The molecule has 0 unspecified atom stereocenters. The summed E-state index contributed by atoms with van der Waals surface area (Å²) in [6, 6.07) is 10.2. The van der Waals surface area contributed by atoms with Gasteiger partial charge in [-0.2, -0.15) is 0 Å². The fourth-order valence-electron chi connectivity index (χ4n) is 1.80. The molecular formula is C16H13ClFNO4. The van der Waals surface area contributed by atoms with Crippen LogP contribution in [0.25, 0.3) is 0 Å². The molecule has 2 rings (SSSR count). The normalized spacial score (nSPS) is 10.0. The van der Waals surface area contributed by atoms with Crippen molar-refractivity contribution in [3.63, 3.8) is 0 Å². The second-order valence-electron chi connectivity index (χ2n) is 4.45. The van der Waals surface area contributed by atoms with E-state index in [1.54, 1.807) is 18.2 Å². The molecule has 0 fully saturated rings. The monoisotopic (exact) mass is 337 g/mol. The van der Waals surface area contributed by atoms with E-state index in [1.807, 2.05) is 0 Å². The van der Waals surface area contributed by atoms with Crippen LogP contribution in [0, 0.1) is 5.82 Å². The second kappa shape index (κ2) is 7.60. The van der Waals surface area contributed by atoms with E-state index in [0.717, 1.165) is 6.07 Å². The van der Waals surface area contributed by atoms with Gasteiger partial charge >= 0.3 is 5.97 Å². The first-order valence-electron chi connectivity index (χ1n) is 6.56. The van der Waals surface area contributed by atoms with Crippen molar-refractivity contribution in [3.05, 3.63) is 58.9 Å². The number of carbonyl (C=O) groups is 2. The molecule has 23 heavy (non-hydrogen) atoms. The lowest BCUT2D eigenvalue weighted by Crippen LogP contribution is -2.21. The number of hydrogen-bond donors (Lipinski definition) is 1. The maximum absolute atomic E-state index is 13.5. The summed E-state index contributed by atoms with van der Waals surface area (Å²) in [5, 5.41) is 2.55. The SMILES string of the molecule is COc1ccccc1C(=O)OCC(=O)Nc1cc(Cl)ccc1F. The Hall–Kier alpha value is -2.60. The van der Waals surface area contributed by atoms with Crippen molar-refractivity contribution in [1.82, 2.24) is 0 Å². The van der Waals surface area contributed by atoms with E-state index in [9.17, 15) is 14.0 Å². The minimum atomic E-state index is -0.718.